The van der Waals surface area contributed by atoms with Crippen LogP contribution in [0.3, 0.4) is 0 Å². The molecule has 2 heterocycles. The van der Waals surface area contributed by atoms with Gasteiger partial charge >= 0.3 is 0 Å². The summed E-state index contributed by atoms with van der Waals surface area (Å²) in [5.41, 5.74) is 3.82. The summed E-state index contributed by atoms with van der Waals surface area (Å²) < 4.78 is 5.75. The quantitative estimate of drug-likeness (QED) is 0.447. The van der Waals surface area contributed by atoms with Gasteiger partial charge in [0.2, 0.25) is 5.91 Å². The second-order valence-electron chi connectivity index (χ2n) is 9.74. The molecule has 6 nitrogen and oxygen atoms in total. The van der Waals surface area contributed by atoms with Crippen LogP contribution in [0.4, 0.5) is 11.5 Å². The molecule has 1 aromatic heterocycles. The highest BCUT2D eigenvalue weighted by atomic mass is 16.5. The van der Waals surface area contributed by atoms with Crippen LogP contribution < -0.4 is 15.0 Å². The Kier molecular flexibility index (Phi) is 8.03. The van der Waals surface area contributed by atoms with Crippen LogP contribution >= 0.6 is 0 Å². The average molecular weight is 473 g/mol. The van der Waals surface area contributed by atoms with Crippen molar-refractivity contribution in [1.82, 2.24) is 9.88 Å². The smallest absolute Gasteiger partial charge is 0.248 e. The fourth-order valence-corrected chi connectivity index (χ4v) is 4.10. The van der Waals surface area contributed by atoms with E-state index in [2.05, 4.69) is 49.0 Å². The molecule has 6 heteroatoms. The Hall–Kier alpha value is -3.38. The number of benzene rings is 2. The van der Waals surface area contributed by atoms with Gasteiger partial charge in [0.15, 0.2) is 0 Å². The lowest BCUT2D eigenvalue weighted by Crippen LogP contribution is -2.44. The fourth-order valence-electron chi connectivity index (χ4n) is 4.10. The first-order valence-corrected chi connectivity index (χ1v) is 12.4. The van der Waals surface area contributed by atoms with Crippen molar-refractivity contribution >= 4 is 34.4 Å². The number of rotatable bonds is 8. The van der Waals surface area contributed by atoms with Crippen LogP contribution in [-0.2, 0) is 4.79 Å². The van der Waals surface area contributed by atoms with Gasteiger partial charge in [-0.3, -0.25) is 4.79 Å². The standard InChI is InChI=1S/C29H36N4O2/c1-21(2)13-18-35-25-9-5-23(6-10-25)7-12-29(34)30-24-8-11-27-26(20-24)22(3)19-28(31-27)33-16-14-32(4)15-17-33/h5-12,19-21H,13-18H2,1-4H3,(H,30,34)/b12-7+. The van der Waals surface area contributed by atoms with Crippen molar-refractivity contribution in [1.29, 1.82) is 0 Å². The minimum atomic E-state index is -0.165. The molecule has 0 atom stereocenters. The summed E-state index contributed by atoms with van der Waals surface area (Å²) in [6.45, 7) is 11.3. The molecule has 4 rings (SSSR count). The number of pyridine rings is 1. The molecule has 1 amide bonds. The van der Waals surface area contributed by atoms with E-state index in [0.717, 1.165) is 71.9 Å². The molecule has 35 heavy (non-hydrogen) atoms. The molecule has 1 saturated heterocycles. The van der Waals surface area contributed by atoms with Gasteiger partial charge < -0.3 is 19.9 Å². The van der Waals surface area contributed by atoms with E-state index < -0.39 is 0 Å². The second-order valence-corrected chi connectivity index (χ2v) is 9.74. The van der Waals surface area contributed by atoms with Gasteiger partial charge in [0.25, 0.3) is 0 Å². The predicted octanol–water partition coefficient (Wildman–Crippen LogP) is 5.37. The topological polar surface area (TPSA) is 57.7 Å². The Labute approximate surface area is 208 Å². The number of piperazine rings is 1. The molecule has 0 saturated carbocycles. The lowest BCUT2D eigenvalue weighted by atomic mass is 10.1. The zero-order valence-electron chi connectivity index (χ0n) is 21.3. The third-order valence-electron chi connectivity index (χ3n) is 6.37. The number of carbonyl (C=O) groups is 1. The first kappa shape index (κ1) is 24.7. The average Bonchev–Trinajstić information content (AvgIpc) is 2.84. The predicted molar refractivity (Wildman–Crippen MR) is 145 cm³/mol. The number of anilines is 2. The molecule has 1 aliphatic heterocycles. The summed E-state index contributed by atoms with van der Waals surface area (Å²) in [5, 5.41) is 4.02. The van der Waals surface area contributed by atoms with E-state index in [-0.39, 0.29) is 5.91 Å². The first-order chi connectivity index (χ1) is 16.9. The van der Waals surface area contributed by atoms with Gasteiger partial charge in [0.1, 0.15) is 11.6 Å². The van der Waals surface area contributed by atoms with Gasteiger partial charge in [-0.2, -0.15) is 0 Å². The molecule has 1 N–H and O–H groups in total. The molecule has 0 unspecified atom stereocenters. The van der Waals surface area contributed by atoms with Crippen molar-refractivity contribution in [3.63, 3.8) is 0 Å². The van der Waals surface area contributed by atoms with Gasteiger partial charge in [-0.1, -0.05) is 26.0 Å². The van der Waals surface area contributed by atoms with Crippen molar-refractivity contribution in [3.8, 4) is 5.75 Å². The van der Waals surface area contributed by atoms with Crippen molar-refractivity contribution < 1.29 is 9.53 Å². The van der Waals surface area contributed by atoms with Gasteiger partial charge in [-0.15, -0.1) is 0 Å². The molecule has 184 valence electrons. The highest BCUT2D eigenvalue weighted by molar-refractivity contribution is 6.03. The van der Waals surface area contributed by atoms with E-state index in [1.807, 2.05) is 48.5 Å². The zero-order chi connectivity index (χ0) is 24.8. The van der Waals surface area contributed by atoms with Gasteiger partial charge in [-0.05, 0) is 79.9 Å². The maximum atomic E-state index is 12.5. The molecule has 0 bridgehead atoms. The maximum absolute atomic E-state index is 12.5. The van der Waals surface area contributed by atoms with Crippen LogP contribution in [-0.4, -0.2) is 55.6 Å². The number of hydrogen-bond donors (Lipinski definition) is 1. The van der Waals surface area contributed by atoms with Gasteiger partial charge in [-0.25, -0.2) is 4.98 Å². The number of hydrogen-bond acceptors (Lipinski definition) is 5. The van der Waals surface area contributed by atoms with E-state index in [4.69, 9.17) is 9.72 Å². The normalized spacial score (nSPS) is 14.7. The zero-order valence-corrected chi connectivity index (χ0v) is 21.3. The second kappa shape index (κ2) is 11.4. The summed E-state index contributed by atoms with van der Waals surface area (Å²) >= 11 is 0. The lowest BCUT2D eigenvalue weighted by Gasteiger charge is -2.33. The van der Waals surface area contributed by atoms with E-state index in [1.165, 1.54) is 0 Å². The minimum Gasteiger partial charge on any atom is -0.494 e. The third kappa shape index (κ3) is 6.83. The first-order valence-electron chi connectivity index (χ1n) is 12.4. The summed E-state index contributed by atoms with van der Waals surface area (Å²) in [5.74, 6) is 2.33. The Morgan fingerprint density at radius 1 is 1.09 bits per heavy atom. The summed E-state index contributed by atoms with van der Waals surface area (Å²) in [7, 11) is 2.15. The molecule has 0 radical (unpaired) electrons. The van der Waals surface area contributed by atoms with Crippen LogP contribution in [0.15, 0.2) is 54.6 Å². The summed E-state index contributed by atoms with van der Waals surface area (Å²) in [4.78, 5) is 22.1. The number of fused-ring (bicyclic) bond motifs is 1. The monoisotopic (exact) mass is 472 g/mol. The molecular formula is C29H36N4O2. The minimum absolute atomic E-state index is 0.165. The number of aromatic nitrogens is 1. The van der Waals surface area contributed by atoms with Crippen LogP contribution in [0.2, 0.25) is 0 Å². The fraction of sp³-hybridized carbons (Fsp3) is 0.379. The van der Waals surface area contributed by atoms with Crippen LogP contribution in [0.1, 0.15) is 31.4 Å². The number of nitrogens with one attached hydrogen (secondary N) is 1. The molecule has 2 aromatic carbocycles. The Morgan fingerprint density at radius 3 is 2.54 bits per heavy atom. The number of likely N-dealkylation sites (N-methyl/N-ethyl adjacent to an activating group) is 1. The van der Waals surface area contributed by atoms with E-state index >= 15 is 0 Å². The Bertz CT molecular complexity index is 1180. The highest BCUT2D eigenvalue weighted by Gasteiger charge is 2.16. The number of aryl methyl sites for hydroxylation is 1. The van der Waals surface area contributed by atoms with Crippen molar-refractivity contribution in [2.24, 2.45) is 5.92 Å². The third-order valence-corrected chi connectivity index (χ3v) is 6.37. The molecule has 0 spiro atoms. The summed E-state index contributed by atoms with van der Waals surface area (Å²) in [6, 6.07) is 15.8. The van der Waals surface area contributed by atoms with Crippen molar-refractivity contribution in [2.45, 2.75) is 27.2 Å². The Morgan fingerprint density at radius 2 is 1.83 bits per heavy atom. The number of nitrogens with zero attached hydrogens (tertiary/aromatic N) is 3. The van der Waals surface area contributed by atoms with Crippen LogP contribution in [0.25, 0.3) is 17.0 Å². The van der Waals surface area contributed by atoms with E-state index in [9.17, 15) is 4.79 Å². The largest absolute Gasteiger partial charge is 0.494 e. The highest BCUT2D eigenvalue weighted by Crippen LogP contribution is 2.26. The molecule has 1 aliphatic rings. The molecule has 1 fully saturated rings. The van der Waals surface area contributed by atoms with Gasteiger partial charge in [0, 0.05) is 43.3 Å². The Balaban J connectivity index is 1.37. The molecule has 3 aromatic rings. The number of ether oxygens (including phenoxy) is 1. The lowest BCUT2D eigenvalue weighted by molar-refractivity contribution is -0.111. The van der Waals surface area contributed by atoms with E-state index in [1.54, 1.807) is 6.08 Å². The number of carbonyl (C=O) groups excluding carboxylic acids is 1. The summed E-state index contributed by atoms with van der Waals surface area (Å²) in [6.07, 6.45) is 4.40. The number of amides is 1. The maximum Gasteiger partial charge on any atom is 0.248 e. The SMILES string of the molecule is Cc1cc(N2CCN(C)CC2)nc2ccc(NC(=O)/C=C/c3ccc(OCCC(C)C)cc3)cc12. The van der Waals surface area contributed by atoms with Crippen molar-refractivity contribution in [3.05, 3.63) is 65.7 Å². The molecule has 0 aliphatic carbocycles. The van der Waals surface area contributed by atoms with Crippen LogP contribution in [0.5, 0.6) is 5.75 Å². The van der Waals surface area contributed by atoms with Crippen molar-refractivity contribution in [2.75, 3.05) is 50.1 Å². The van der Waals surface area contributed by atoms with E-state index in [0.29, 0.717) is 12.5 Å². The van der Waals surface area contributed by atoms with Gasteiger partial charge in [0.05, 0.1) is 12.1 Å². The van der Waals surface area contributed by atoms with Crippen LogP contribution in [0, 0.1) is 12.8 Å². The molecular weight excluding hydrogens is 436 g/mol.